The van der Waals surface area contributed by atoms with Crippen LogP contribution in [0.15, 0.2) is 81.7 Å². The van der Waals surface area contributed by atoms with Gasteiger partial charge in [-0.25, -0.2) is 4.98 Å². The zero-order valence-corrected chi connectivity index (χ0v) is 25.6. The SMILES string of the molecule is C=N/C=C(\C=C(/C)C(C)C)C1(c2nc3c(c(=O)[nH]2)CN(C(=O)C(O)c2cccc(-c4cccc(C(F)(F)F)c4)c2)CCC3)CC1. The molecule has 1 amide bonds. The third-order valence-electron chi connectivity index (χ3n) is 8.84. The van der Waals surface area contributed by atoms with Crippen LogP contribution in [-0.4, -0.2) is 39.1 Å². The molecule has 1 atom stereocenters. The summed E-state index contributed by atoms with van der Waals surface area (Å²) in [6.45, 7) is 10.2. The van der Waals surface area contributed by atoms with Crippen LogP contribution in [0, 0.1) is 5.92 Å². The van der Waals surface area contributed by atoms with Gasteiger partial charge in [0.05, 0.1) is 28.8 Å². The van der Waals surface area contributed by atoms with Crippen molar-refractivity contribution in [3.63, 3.8) is 0 Å². The summed E-state index contributed by atoms with van der Waals surface area (Å²) in [4.78, 5) is 40.4. The van der Waals surface area contributed by atoms with E-state index in [4.69, 9.17) is 4.98 Å². The monoisotopic (exact) mass is 618 g/mol. The number of benzene rings is 2. The van der Waals surface area contributed by atoms with Crippen molar-refractivity contribution in [3.8, 4) is 11.1 Å². The molecule has 5 rings (SSSR count). The van der Waals surface area contributed by atoms with Gasteiger partial charge in [0.25, 0.3) is 11.5 Å². The minimum Gasteiger partial charge on any atom is -0.378 e. The number of aliphatic imine (C=N–C) groups is 1. The predicted octanol–water partition coefficient (Wildman–Crippen LogP) is 6.68. The molecule has 3 aromatic rings. The van der Waals surface area contributed by atoms with Gasteiger partial charge in [0, 0.05) is 12.7 Å². The second kappa shape index (κ2) is 12.6. The highest BCUT2D eigenvalue weighted by molar-refractivity contribution is 5.83. The van der Waals surface area contributed by atoms with E-state index in [1.165, 1.54) is 22.6 Å². The van der Waals surface area contributed by atoms with Gasteiger partial charge in [-0.05, 0) is 85.7 Å². The van der Waals surface area contributed by atoms with Gasteiger partial charge in [-0.3, -0.25) is 14.6 Å². The standard InChI is InChI=1S/C35H37F3N4O3/c1-21(2)22(3)16-27(19-39-4)34(13-14-34)33-40-29-12-7-15-42(20-28(29)31(44)41-33)32(45)30(43)25-10-5-8-23(17-25)24-9-6-11-26(18-24)35(36,37)38/h5-6,8-11,16-19,21,30,43H,4,7,12-15,20H2,1-3H3,(H,40,41,44)/b22-16+,27-19+. The van der Waals surface area contributed by atoms with Crippen LogP contribution in [0.2, 0.25) is 0 Å². The molecule has 0 saturated heterocycles. The summed E-state index contributed by atoms with van der Waals surface area (Å²) >= 11 is 0. The summed E-state index contributed by atoms with van der Waals surface area (Å²) in [5.41, 5.74) is 2.59. The summed E-state index contributed by atoms with van der Waals surface area (Å²) in [5.74, 6) is 0.331. The first-order chi connectivity index (χ1) is 21.3. The van der Waals surface area contributed by atoms with Gasteiger partial charge >= 0.3 is 6.18 Å². The maximum absolute atomic E-state index is 13.5. The zero-order valence-electron chi connectivity index (χ0n) is 25.6. The summed E-state index contributed by atoms with van der Waals surface area (Å²) in [6, 6.07) is 11.2. The van der Waals surface area contributed by atoms with E-state index in [2.05, 4.69) is 43.5 Å². The molecule has 2 N–H and O–H groups in total. The number of hydrogen-bond acceptors (Lipinski definition) is 5. The number of nitrogens with one attached hydrogen (secondary N) is 1. The molecule has 2 aliphatic rings. The molecule has 0 radical (unpaired) electrons. The lowest BCUT2D eigenvalue weighted by Gasteiger charge is -2.24. The number of aromatic amines is 1. The number of aliphatic hydroxyl groups is 1. The quantitative estimate of drug-likeness (QED) is 0.217. The lowest BCUT2D eigenvalue weighted by Crippen LogP contribution is -2.36. The second-order valence-corrected chi connectivity index (χ2v) is 12.2. The Hall–Kier alpha value is -4.31. The van der Waals surface area contributed by atoms with Gasteiger partial charge < -0.3 is 15.0 Å². The van der Waals surface area contributed by atoms with Gasteiger partial charge in [-0.1, -0.05) is 55.8 Å². The first-order valence-corrected chi connectivity index (χ1v) is 15.1. The Kier molecular flexibility index (Phi) is 8.98. The summed E-state index contributed by atoms with van der Waals surface area (Å²) in [6.07, 6.45) is 0.436. The fraction of sp³-hybridized carbons (Fsp3) is 0.371. The number of rotatable bonds is 8. The van der Waals surface area contributed by atoms with Crippen molar-refractivity contribution < 1.29 is 23.1 Å². The van der Waals surface area contributed by atoms with Gasteiger partial charge in [0.2, 0.25) is 0 Å². The smallest absolute Gasteiger partial charge is 0.378 e. The third kappa shape index (κ3) is 6.71. The maximum atomic E-state index is 13.5. The predicted molar refractivity (Wildman–Crippen MR) is 168 cm³/mol. The van der Waals surface area contributed by atoms with Crippen LogP contribution in [0.5, 0.6) is 0 Å². The molecule has 1 unspecified atom stereocenters. The molecule has 1 aliphatic carbocycles. The highest BCUT2D eigenvalue weighted by Gasteiger charge is 2.50. The molecule has 0 spiro atoms. The van der Waals surface area contributed by atoms with E-state index in [1.54, 1.807) is 30.5 Å². The van der Waals surface area contributed by atoms with Crippen LogP contribution in [0.3, 0.4) is 0 Å². The van der Waals surface area contributed by atoms with Crippen molar-refractivity contribution in [2.24, 2.45) is 10.9 Å². The molecule has 1 aromatic heterocycles. The van der Waals surface area contributed by atoms with Crippen LogP contribution >= 0.6 is 0 Å². The van der Waals surface area contributed by atoms with Gasteiger partial charge in [0.15, 0.2) is 6.10 Å². The minimum absolute atomic E-state index is 0.0164. The number of fused-ring (bicyclic) bond motifs is 1. The van der Waals surface area contributed by atoms with E-state index in [9.17, 15) is 27.9 Å². The number of aromatic nitrogens is 2. The van der Waals surface area contributed by atoms with Gasteiger partial charge in [0.1, 0.15) is 5.82 Å². The molecule has 2 aromatic carbocycles. The number of aryl methyl sites for hydroxylation is 1. The topological polar surface area (TPSA) is 98.7 Å². The molecule has 1 fully saturated rings. The van der Waals surface area contributed by atoms with Crippen LogP contribution in [-0.2, 0) is 29.4 Å². The average Bonchev–Trinajstić information content (AvgIpc) is 3.84. The summed E-state index contributed by atoms with van der Waals surface area (Å²) < 4.78 is 39.8. The summed E-state index contributed by atoms with van der Waals surface area (Å²) in [5, 5.41) is 11.1. The molecule has 236 valence electrons. The molecule has 10 heteroatoms. The number of carbonyl (C=O) groups excluding carboxylic acids is 1. The van der Waals surface area contributed by atoms with E-state index in [-0.39, 0.29) is 17.7 Å². The van der Waals surface area contributed by atoms with Crippen molar-refractivity contribution in [2.45, 2.75) is 70.7 Å². The number of halogens is 3. The number of hydrogen-bond donors (Lipinski definition) is 2. The van der Waals surface area contributed by atoms with E-state index >= 15 is 0 Å². The number of alkyl halides is 3. The Morgan fingerprint density at radius 1 is 1.16 bits per heavy atom. The van der Waals surface area contributed by atoms with Gasteiger partial charge in [-0.2, -0.15) is 13.2 Å². The lowest BCUT2D eigenvalue weighted by molar-refractivity contribution is -0.141. The van der Waals surface area contributed by atoms with Crippen molar-refractivity contribution in [1.82, 2.24) is 14.9 Å². The van der Waals surface area contributed by atoms with Crippen molar-refractivity contribution in [2.75, 3.05) is 6.54 Å². The van der Waals surface area contributed by atoms with E-state index in [0.29, 0.717) is 53.5 Å². The highest BCUT2D eigenvalue weighted by atomic mass is 19.4. The average molecular weight is 619 g/mol. The molecular formula is C35H37F3N4O3. The third-order valence-corrected chi connectivity index (χ3v) is 8.84. The minimum atomic E-state index is -4.50. The Balaban J connectivity index is 1.39. The van der Waals surface area contributed by atoms with Crippen LogP contribution in [0.25, 0.3) is 11.1 Å². The lowest BCUT2D eigenvalue weighted by atomic mass is 9.91. The first kappa shape index (κ1) is 32.1. The molecule has 45 heavy (non-hydrogen) atoms. The van der Waals surface area contributed by atoms with E-state index < -0.39 is 29.2 Å². The van der Waals surface area contributed by atoms with Crippen LogP contribution < -0.4 is 5.56 Å². The van der Waals surface area contributed by atoms with Crippen molar-refractivity contribution >= 4 is 12.6 Å². The molecule has 1 saturated carbocycles. The van der Waals surface area contributed by atoms with Crippen LogP contribution in [0.4, 0.5) is 13.2 Å². The van der Waals surface area contributed by atoms with Crippen molar-refractivity contribution in [3.05, 3.63) is 111 Å². The van der Waals surface area contributed by atoms with Crippen LogP contribution in [0.1, 0.15) is 74.3 Å². The number of H-pyrrole nitrogens is 1. The molecule has 0 bridgehead atoms. The Bertz CT molecular complexity index is 1730. The van der Waals surface area contributed by atoms with Crippen molar-refractivity contribution in [1.29, 1.82) is 0 Å². The molecular weight excluding hydrogens is 581 g/mol. The maximum Gasteiger partial charge on any atom is 0.416 e. The fourth-order valence-electron chi connectivity index (χ4n) is 5.71. The molecule has 7 nitrogen and oxygen atoms in total. The Labute approximate surface area is 260 Å². The highest BCUT2D eigenvalue weighted by Crippen LogP contribution is 2.53. The number of nitrogens with zero attached hydrogens (tertiary/aromatic N) is 3. The normalized spacial score (nSPS) is 17.5. The van der Waals surface area contributed by atoms with E-state index in [0.717, 1.165) is 30.5 Å². The van der Waals surface area contributed by atoms with E-state index in [1.807, 2.05) is 0 Å². The first-order valence-electron chi connectivity index (χ1n) is 15.1. The summed E-state index contributed by atoms with van der Waals surface area (Å²) in [7, 11) is 0. The molecule has 2 heterocycles. The molecule has 1 aliphatic heterocycles. The fourth-order valence-corrected chi connectivity index (χ4v) is 5.71. The number of amides is 1. The Morgan fingerprint density at radius 2 is 1.84 bits per heavy atom. The zero-order chi connectivity index (χ0) is 32.5. The number of aliphatic hydroxyl groups excluding tert-OH is 1. The second-order valence-electron chi connectivity index (χ2n) is 12.2. The number of carbonyl (C=O) groups is 1. The number of allylic oxidation sites excluding steroid dienone is 3. The Morgan fingerprint density at radius 3 is 2.49 bits per heavy atom. The largest absolute Gasteiger partial charge is 0.416 e. The van der Waals surface area contributed by atoms with Gasteiger partial charge in [-0.15, -0.1) is 0 Å².